The molecule has 5 heteroatoms. The highest BCUT2D eigenvalue weighted by molar-refractivity contribution is 5.85. The minimum atomic E-state index is -0.353. The van der Waals surface area contributed by atoms with Crippen molar-refractivity contribution < 1.29 is 14.3 Å². The van der Waals surface area contributed by atoms with E-state index in [9.17, 15) is 9.59 Å². The highest BCUT2D eigenvalue weighted by Gasteiger charge is 2.30. The quantitative estimate of drug-likeness (QED) is 0.715. The van der Waals surface area contributed by atoms with Crippen molar-refractivity contribution >= 4 is 11.9 Å². The molecule has 0 aromatic rings. The number of nitrogens with zero attached hydrogens (tertiary/aromatic N) is 1. The molecule has 1 unspecified atom stereocenters. The van der Waals surface area contributed by atoms with Gasteiger partial charge in [0.1, 0.15) is 6.54 Å². The minimum Gasteiger partial charge on any atom is -0.465 e. The van der Waals surface area contributed by atoms with Gasteiger partial charge >= 0.3 is 5.97 Å². The number of likely N-dealkylation sites (N-methyl/N-ethyl adjacent to an activating group) is 1. The van der Waals surface area contributed by atoms with Crippen LogP contribution in [-0.4, -0.2) is 49.1 Å². The third kappa shape index (κ3) is 4.00. The number of carbonyl (C=O) groups excluding carboxylic acids is 2. The molecule has 5 nitrogen and oxygen atoms in total. The Morgan fingerprint density at radius 2 is 2.06 bits per heavy atom. The molecular weight excluding hydrogens is 220 g/mol. The molecular formula is C12H22N2O3. The number of amides is 1. The number of carbonyl (C=O) groups is 2. The molecule has 0 spiro atoms. The van der Waals surface area contributed by atoms with Gasteiger partial charge in [-0.3, -0.25) is 9.59 Å². The van der Waals surface area contributed by atoms with E-state index in [1.165, 1.54) is 4.90 Å². The van der Waals surface area contributed by atoms with Crippen molar-refractivity contribution in [1.29, 1.82) is 0 Å². The average molecular weight is 242 g/mol. The van der Waals surface area contributed by atoms with E-state index in [-0.39, 0.29) is 24.5 Å². The van der Waals surface area contributed by atoms with Crippen molar-refractivity contribution in [2.75, 3.05) is 20.2 Å². The summed E-state index contributed by atoms with van der Waals surface area (Å²) >= 11 is 0. The molecule has 1 aliphatic heterocycles. The van der Waals surface area contributed by atoms with Crippen molar-refractivity contribution in [3.63, 3.8) is 0 Å². The van der Waals surface area contributed by atoms with Crippen LogP contribution >= 0.6 is 0 Å². The first-order valence-corrected chi connectivity index (χ1v) is 6.25. The second-order valence-corrected chi connectivity index (χ2v) is 4.40. The molecule has 1 fully saturated rings. The highest BCUT2D eigenvalue weighted by Crippen LogP contribution is 2.16. The number of hydrogen-bond acceptors (Lipinski definition) is 4. The lowest BCUT2D eigenvalue weighted by Gasteiger charge is -2.20. The molecule has 0 saturated carbocycles. The van der Waals surface area contributed by atoms with Crippen LogP contribution < -0.4 is 5.32 Å². The van der Waals surface area contributed by atoms with Gasteiger partial charge in [-0.15, -0.1) is 0 Å². The Morgan fingerprint density at radius 1 is 1.35 bits per heavy atom. The van der Waals surface area contributed by atoms with Gasteiger partial charge in [-0.1, -0.05) is 6.92 Å². The lowest BCUT2D eigenvalue weighted by molar-refractivity contribution is -0.148. The monoisotopic (exact) mass is 242 g/mol. The van der Waals surface area contributed by atoms with E-state index >= 15 is 0 Å². The maximum absolute atomic E-state index is 12.0. The van der Waals surface area contributed by atoms with Crippen molar-refractivity contribution in [3.05, 3.63) is 0 Å². The Labute approximate surface area is 102 Å². The highest BCUT2D eigenvalue weighted by atomic mass is 16.5. The zero-order valence-corrected chi connectivity index (χ0v) is 10.9. The van der Waals surface area contributed by atoms with Gasteiger partial charge in [-0.05, 0) is 26.2 Å². The zero-order valence-electron chi connectivity index (χ0n) is 10.9. The van der Waals surface area contributed by atoms with Crippen molar-refractivity contribution in [2.45, 2.75) is 45.2 Å². The van der Waals surface area contributed by atoms with Gasteiger partial charge in [0.2, 0.25) is 5.91 Å². The van der Waals surface area contributed by atoms with E-state index < -0.39 is 0 Å². The van der Waals surface area contributed by atoms with Crippen LogP contribution in [0.15, 0.2) is 0 Å². The molecule has 0 bridgehead atoms. The van der Waals surface area contributed by atoms with Crippen LogP contribution in [0.3, 0.4) is 0 Å². The first-order chi connectivity index (χ1) is 8.08. The Bertz CT molecular complexity index is 281. The summed E-state index contributed by atoms with van der Waals surface area (Å²) in [6, 6.07) is 0.291. The van der Waals surface area contributed by atoms with E-state index in [1.807, 2.05) is 0 Å². The Hall–Kier alpha value is -1.10. The average Bonchev–Trinajstić information content (AvgIpc) is 2.76. The number of rotatable bonds is 5. The van der Waals surface area contributed by atoms with Gasteiger partial charge in [0, 0.05) is 13.1 Å². The maximum atomic E-state index is 12.0. The first kappa shape index (κ1) is 14.0. The van der Waals surface area contributed by atoms with Crippen molar-refractivity contribution in [3.8, 4) is 0 Å². The van der Waals surface area contributed by atoms with Crippen LogP contribution in [0.4, 0.5) is 0 Å². The minimum absolute atomic E-state index is 0.0194. The van der Waals surface area contributed by atoms with Crippen molar-refractivity contribution in [2.24, 2.45) is 0 Å². The van der Waals surface area contributed by atoms with E-state index in [0.717, 1.165) is 19.3 Å². The standard InChI is InChI=1S/C12H22N2O3/c1-4-9-6-7-10(13-9)12(16)14(3)8-11(15)17-5-2/h9-10,13H,4-8H2,1-3H3/t9?,10-/m0/s1. The lowest BCUT2D eigenvalue weighted by atomic mass is 10.1. The van der Waals surface area contributed by atoms with E-state index in [4.69, 9.17) is 4.74 Å². The largest absolute Gasteiger partial charge is 0.465 e. The van der Waals surface area contributed by atoms with Gasteiger partial charge in [-0.2, -0.15) is 0 Å². The third-order valence-electron chi connectivity index (χ3n) is 3.08. The Morgan fingerprint density at radius 3 is 2.59 bits per heavy atom. The summed E-state index contributed by atoms with van der Waals surface area (Å²) in [5, 5.41) is 3.28. The molecule has 0 radical (unpaired) electrons. The van der Waals surface area contributed by atoms with Crippen LogP contribution in [0.5, 0.6) is 0 Å². The fourth-order valence-corrected chi connectivity index (χ4v) is 2.08. The summed E-state index contributed by atoms with van der Waals surface area (Å²) in [5.41, 5.74) is 0. The fourth-order valence-electron chi connectivity index (χ4n) is 2.08. The summed E-state index contributed by atoms with van der Waals surface area (Å²) < 4.78 is 4.81. The SMILES string of the molecule is CCOC(=O)CN(C)C(=O)[C@@H]1CCC(CC)N1. The molecule has 98 valence electrons. The first-order valence-electron chi connectivity index (χ1n) is 6.25. The topological polar surface area (TPSA) is 58.6 Å². The zero-order chi connectivity index (χ0) is 12.8. The molecule has 0 aromatic heterocycles. The normalized spacial score (nSPS) is 23.5. The Kier molecular flexibility index (Phi) is 5.41. The van der Waals surface area contributed by atoms with Crippen LogP contribution in [0.1, 0.15) is 33.1 Å². The fraction of sp³-hybridized carbons (Fsp3) is 0.833. The van der Waals surface area contributed by atoms with Gasteiger partial charge in [-0.25, -0.2) is 0 Å². The van der Waals surface area contributed by atoms with Gasteiger partial charge in [0.25, 0.3) is 0 Å². The molecule has 1 amide bonds. The van der Waals surface area contributed by atoms with Crippen LogP contribution in [0, 0.1) is 0 Å². The second kappa shape index (κ2) is 6.59. The number of esters is 1. The third-order valence-corrected chi connectivity index (χ3v) is 3.08. The van der Waals surface area contributed by atoms with E-state index in [1.54, 1.807) is 14.0 Å². The summed E-state index contributed by atoms with van der Waals surface area (Å²) in [6.45, 7) is 4.24. The van der Waals surface area contributed by atoms with Crippen molar-refractivity contribution in [1.82, 2.24) is 10.2 Å². The molecule has 1 N–H and O–H groups in total. The maximum Gasteiger partial charge on any atom is 0.325 e. The van der Waals surface area contributed by atoms with Crippen LogP contribution in [0.2, 0.25) is 0 Å². The van der Waals surface area contributed by atoms with Gasteiger partial charge < -0.3 is 15.0 Å². The molecule has 17 heavy (non-hydrogen) atoms. The molecule has 2 atom stereocenters. The molecule has 1 heterocycles. The molecule has 0 aromatic carbocycles. The van der Waals surface area contributed by atoms with Gasteiger partial charge in [0.05, 0.1) is 12.6 Å². The molecule has 0 aliphatic carbocycles. The lowest BCUT2D eigenvalue weighted by Crippen LogP contribution is -2.45. The number of ether oxygens (including phenoxy) is 1. The summed E-state index contributed by atoms with van der Waals surface area (Å²) in [4.78, 5) is 24.7. The summed E-state index contributed by atoms with van der Waals surface area (Å²) in [6.07, 6.45) is 2.91. The molecule has 1 aliphatic rings. The molecule has 1 rings (SSSR count). The van der Waals surface area contributed by atoms with E-state index in [2.05, 4.69) is 12.2 Å². The summed E-state index contributed by atoms with van der Waals surface area (Å²) in [7, 11) is 1.64. The van der Waals surface area contributed by atoms with Gasteiger partial charge in [0.15, 0.2) is 0 Å². The molecule has 1 saturated heterocycles. The van der Waals surface area contributed by atoms with Crippen LogP contribution in [-0.2, 0) is 14.3 Å². The van der Waals surface area contributed by atoms with Crippen LogP contribution in [0.25, 0.3) is 0 Å². The second-order valence-electron chi connectivity index (χ2n) is 4.40. The number of hydrogen-bond donors (Lipinski definition) is 1. The number of nitrogens with one attached hydrogen (secondary N) is 1. The summed E-state index contributed by atoms with van der Waals surface area (Å²) in [5.74, 6) is -0.373. The van der Waals surface area contributed by atoms with E-state index in [0.29, 0.717) is 12.6 Å². The Balaban J connectivity index is 2.39. The predicted octanol–water partition coefficient (Wildman–Crippen LogP) is 0.539. The predicted molar refractivity (Wildman–Crippen MR) is 64.5 cm³/mol. The smallest absolute Gasteiger partial charge is 0.325 e.